The molecule has 0 spiro atoms. The zero-order chi connectivity index (χ0) is 18.7. The van der Waals surface area contributed by atoms with Gasteiger partial charge in [0.1, 0.15) is 0 Å². The molecular formula is C20H22ClN3O2. The first-order chi connectivity index (χ1) is 12.4. The summed E-state index contributed by atoms with van der Waals surface area (Å²) in [5.74, 6) is 0.0243. The normalized spacial score (nSPS) is 16.7. The van der Waals surface area contributed by atoms with Crippen molar-refractivity contribution < 1.29 is 9.59 Å². The number of amides is 3. The third-order valence-electron chi connectivity index (χ3n) is 4.63. The van der Waals surface area contributed by atoms with Gasteiger partial charge in [-0.3, -0.25) is 4.79 Å². The van der Waals surface area contributed by atoms with Crippen LogP contribution in [-0.4, -0.2) is 24.5 Å². The zero-order valence-electron chi connectivity index (χ0n) is 14.9. The number of halogens is 1. The highest BCUT2D eigenvalue weighted by molar-refractivity contribution is 6.30. The summed E-state index contributed by atoms with van der Waals surface area (Å²) in [5.41, 5.74) is 4.18. The summed E-state index contributed by atoms with van der Waals surface area (Å²) >= 11 is 5.85. The molecule has 3 rings (SSSR count). The first-order valence-corrected chi connectivity index (χ1v) is 8.96. The SMILES string of the molecule is Cc1ccc(N2C[C@H](NC(=O)NCc3ccc(Cl)cc3)CC2=O)cc1C. The monoisotopic (exact) mass is 371 g/mol. The Morgan fingerprint density at radius 2 is 1.88 bits per heavy atom. The zero-order valence-corrected chi connectivity index (χ0v) is 15.6. The smallest absolute Gasteiger partial charge is 0.315 e. The standard InChI is InChI=1S/C20H22ClN3O2/c1-13-3-8-18(9-14(13)2)24-12-17(10-19(24)25)23-20(26)22-11-15-4-6-16(21)7-5-15/h3-9,17H,10-12H2,1-2H3,(H2,22,23,26)/t17-/m1/s1. The number of carbonyl (C=O) groups is 2. The summed E-state index contributed by atoms with van der Waals surface area (Å²) in [4.78, 5) is 26.2. The number of carbonyl (C=O) groups excluding carboxylic acids is 2. The van der Waals surface area contributed by atoms with Gasteiger partial charge in [0.2, 0.25) is 5.91 Å². The fourth-order valence-corrected chi connectivity index (χ4v) is 3.09. The number of rotatable bonds is 4. The molecule has 1 heterocycles. The second kappa shape index (κ2) is 7.79. The Bertz CT molecular complexity index is 820. The fourth-order valence-electron chi connectivity index (χ4n) is 2.97. The topological polar surface area (TPSA) is 61.4 Å². The van der Waals surface area contributed by atoms with Crippen molar-refractivity contribution in [3.8, 4) is 0 Å². The van der Waals surface area contributed by atoms with Crippen LogP contribution >= 0.6 is 11.6 Å². The number of anilines is 1. The second-order valence-electron chi connectivity index (χ2n) is 6.63. The van der Waals surface area contributed by atoms with E-state index in [2.05, 4.69) is 10.6 Å². The Hall–Kier alpha value is -2.53. The summed E-state index contributed by atoms with van der Waals surface area (Å²) in [6.45, 7) is 4.96. The minimum Gasteiger partial charge on any atom is -0.334 e. The van der Waals surface area contributed by atoms with Crippen LogP contribution in [0.1, 0.15) is 23.1 Å². The van der Waals surface area contributed by atoms with Gasteiger partial charge < -0.3 is 15.5 Å². The van der Waals surface area contributed by atoms with Gasteiger partial charge in [-0.15, -0.1) is 0 Å². The molecule has 26 heavy (non-hydrogen) atoms. The molecule has 0 unspecified atom stereocenters. The molecule has 2 N–H and O–H groups in total. The first-order valence-electron chi connectivity index (χ1n) is 8.59. The summed E-state index contributed by atoms with van der Waals surface area (Å²) in [6.07, 6.45) is 0.307. The minimum absolute atomic E-state index is 0.0243. The molecule has 1 atom stereocenters. The van der Waals surface area contributed by atoms with Crippen LogP contribution in [0.5, 0.6) is 0 Å². The van der Waals surface area contributed by atoms with Crippen molar-refractivity contribution in [1.82, 2.24) is 10.6 Å². The number of hydrogen-bond donors (Lipinski definition) is 2. The van der Waals surface area contributed by atoms with E-state index < -0.39 is 0 Å². The van der Waals surface area contributed by atoms with Crippen LogP contribution in [0.25, 0.3) is 0 Å². The van der Waals surface area contributed by atoms with E-state index in [0.29, 0.717) is 24.5 Å². The van der Waals surface area contributed by atoms with Gasteiger partial charge in [-0.05, 0) is 54.8 Å². The summed E-state index contributed by atoms with van der Waals surface area (Å²) in [5, 5.41) is 6.35. The van der Waals surface area contributed by atoms with Gasteiger partial charge in [0.15, 0.2) is 0 Å². The number of benzene rings is 2. The lowest BCUT2D eigenvalue weighted by molar-refractivity contribution is -0.117. The third kappa shape index (κ3) is 4.35. The molecule has 2 aromatic rings. The molecule has 1 aliphatic rings. The van der Waals surface area contributed by atoms with Crippen molar-refractivity contribution in [1.29, 1.82) is 0 Å². The van der Waals surface area contributed by atoms with Crippen molar-refractivity contribution in [3.05, 3.63) is 64.2 Å². The lowest BCUT2D eigenvalue weighted by atomic mass is 10.1. The van der Waals surface area contributed by atoms with E-state index in [-0.39, 0.29) is 18.0 Å². The lowest BCUT2D eigenvalue weighted by Crippen LogP contribution is -2.43. The highest BCUT2D eigenvalue weighted by atomic mass is 35.5. The van der Waals surface area contributed by atoms with Crippen LogP contribution in [0.15, 0.2) is 42.5 Å². The minimum atomic E-state index is -0.278. The maximum Gasteiger partial charge on any atom is 0.315 e. The molecule has 6 heteroatoms. The highest BCUT2D eigenvalue weighted by Crippen LogP contribution is 2.24. The van der Waals surface area contributed by atoms with Crippen LogP contribution < -0.4 is 15.5 Å². The van der Waals surface area contributed by atoms with Gasteiger partial charge in [0.05, 0.1) is 6.04 Å². The van der Waals surface area contributed by atoms with E-state index in [9.17, 15) is 9.59 Å². The van der Waals surface area contributed by atoms with E-state index in [1.807, 2.05) is 44.2 Å². The molecule has 0 aromatic heterocycles. The number of aryl methyl sites for hydroxylation is 2. The average Bonchev–Trinajstić information content (AvgIpc) is 2.97. The van der Waals surface area contributed by atoms with Gasteiger partial charge in [-0.2, -0.15) is 0 Å². The second-order valence-corrected chi connectivity index (χ2v) is 7.06. The molecule has 1 saturated heterocycles. The Balaban J connectivity index is 1.54. The van der Waals surface area contributed by atoms with E-state index >= 15 is 0 Å². The Kier molecular flexibility index (Phi) is 5.47. The van der Waals surface area contributed by atoms with Crippen LogP contribution in [0.4, 0.5) is 10.5 Å². The number of nitrogens with one attached hydrogen (secondary N) is 2. The van der Waals surface area contributed by atoms with Crippen molar-refractivity contribution in [2.45, 2.75) is 32.9 Å². The quantitative estimate of drug-likeness (QED) is 0.863. The van der Waals surface area contributed by atoms with Crippen molar-refractivity contribution in [2.75, 3.05) is 11.4 Å². The van der Waals surface area contributed by atoms with Crippen LogP contribution in [0.2, 0.25) is 5.02 Å². The van der Waals surface area contributed by atoms with Gasteiger partial charge in [0, 0.05) is 30.2 Å². The molecule has 1 fully saturated rings. The molecule has 2 aromatic carbocycles. The van der Waals surface area contributed by atoms with Crippen molar-refractivity contribution in [2.24, 2.45) is 0 Å². The van der Waals surface area contributed by atoms with Gasteiger partial charge >= 0.3 is 6.03 Å². The lowest BCUT2D eigenvalue weighted by Gasteiger charge is -2.18. The van der Waals surface area contributed by atoms with Crippen molar-refractivity contribution in [3.63, 3.8) is 0 Å². The van der Waals surface area contributed by atoms with E-state index in [1.165, 1.54) is 5.56 Å². The molecular weight excluding hydrogens is 350 g/mol. The predicted octanol–water partition coefficient (Wildman–Crippen LogP) is 3.56. The van der Waals surface area contributed by atoms with E-state index in [0.717, 1.165) is 16.8 Å². The maximum atomic E-state index is 12.3. The van der Waals surface area contributed by atoms with Gasteiger partial charge in [-0.25, -0.2) is 4.79 Å². The van der Waals surface area contributed by atoms with Crippen LogP contribution in [-0.2, 0) is 11.3 Å². The third-order valence-corrected chi connectivity index (χ3v) is 4.88. The largest absolute Gasteiger partial charge is 0.334 e. The van der Waals surface area contributed by atoms with Crippen molar-refractivity contribution >= 4 is 29.2 Å². The van der Waals surface area contributed by atoms with Crippen LogP contribution in [0.3, 0.4) is 0 Å². The predicted molar refractivity (Wildman–Crippen MR) is 103 cm³/mol. The Labute approximate surface area is 158 Å². The molecule has 0 bridgehead atoms. The summed E-state index contributed by atoms with van der Waals surface area (Å²) in [6, 6.07) is 12.8. The summed E-state index contributed by atoms with van der Waals surface area (Å²) in [7, 11) is 0. The van der Waals surface area contributed by atoms with E-state index in [4.69, 9.17) is 11.6 Å². The van der Waals surface area contributed by atoms with E-state index in [1.54, 1.807) is 17.0 Å². The molecule has 1 aliphatic heterocycles. The average molecular weight is 372 g/mol. The summed E-state index contributed by atoms with van der Waals surface area (Å²) < 4.78 is 0. The maximum absolute atomic E-state index is 12.3. The highest BCUT2D eigenvalue weighted by Gasteiger charge is 2.31. The Morgan fingerprint density at radius 1 is 1.15 bits per heavy atom. The molecule has 0 aliphatic carbocycles. The molecule has 136 valence electrons. The molecule has 5 nitrogen and oxygen atoms in total. The molecule has 0 saturated carbocycles. The van der Waals surface area contributed by atoms with Gasteiger partial charge in [0.25, 0.3) is 0 Å². The molecule has 3 amide bonds. The fraction of sp³-hybridized carbons (Fsp3) is 0.300. The van der Waals surface area contributed by atoms with Crippen LogP contribution in [0, 0.1) is 13.8 Å². The van der Waals surface area contributed by atoms with Gasteiger partial charge in [-0.1, -0.05) is 29.8 Å². The Morgan fingerprint density at radius 3 is 2.58 bits per heavy atom. The first kappa shape index (κ1) is 18.3. The number of hydrogen-bond acceptors (Lipinski definition) is 2. The molecule has 0 radical (unpaired) electrons. The number of urea groups is 1. The number of nitrogens with zero attached hydrogens (tertiary/aromatic N) is 1.